The number of rotatable bonds is 6. The maximum atomic E-state index is 12.4. The largest absolute Gasteiger partial charge is 0.465 e. The van der Waals surface area contributed by atoms with Crippen molar-refractivity contribution in [3.8, 4) is 0 Å². The van der Waals surface area contributed by atoms with E-state index in [4.69, 9.17) is 10.5 Å². The van der Waals surface area contributed by atoms with Crippen molar-refractivity contribution in [1.82, 2.24) is 3.97 Å². The Hall–Kier alpha value is -2.16. The number of nitrogens with two attached hydrogens (primary N) is 1. The van der Waals surface area contributed by atoms with Crippen LogP contribution in [-0.4, -0.2) is 36.1 Å². The van der Waals surface area contributed by atoms with Crippen LogP contribution in [0.2, 0.25) is 0 Å². The number of benzene rings is 1. The van der Waals surface area contributed by atoms with Gasteiger partial charge in [-0.2, -0.15) is 0 Å². The zero-order valence-corrected chi connectivity index (χ0v) is 13.3. The maximum absolute atomic E-state index is 12.4. The quantitative estimate of drug-likeness (QED) is 0.748. The fourth-order valence-electron chi connectivity index (χ4n) is 2.01. The van der Waals surface area contributed by atoms with Crippen LogP contribution >= 0.6 is 0 Å². The number of aromatic nitrogens is 1. The zero-order chi connectivity index (χ0) is 17.0. The maximum Gasteiger partial charge on any atom is 0.325 e. The number of carbonyl (C=O) groups is 1. The van der Waals surface area contributed by atoms with Gasteiger partial charge in [0.2, 0.25) is 0 Å². The van der Waals surface area contributed by atoms with E-state index in [0.29, 0.717) is 0 Å². The number of carbonyl (C=O) groups excluding carboxylic acids is 1. The highest BCUT2D eigenvalue weighted by Gasteiger charge is 2.27. The van der Waals surface area contributed by atoms with E-state index >= 15 is 0 Å². The van der Waals surface area contributed by atoms with Gasteiger partial charge in [0.05, 0.1) is 11.5 Å². The molecule has 0 saturated carbocycles. The molecular weight excluding hydrogens is 320 g/mol. The molecule has 23 heavy (non-hydrogen) atoms. The van der Waals surface area contributed by atoms with Gasteiger partial charge in [-0.05, 0) is 25.1 Å². The molecule has 1 aromatic carbocycles. The van der Waals surface area contributed by atoms with Crippen LogP contribution in [0.15, 0.2) is 53.7 Å². The van der Waals surface area contributed by atoms with Crippen LogP contribution in [0.25, 0.3) is 0 Å². The molecule has 1 aromatic heterocycles. The van der Waals surface area contributed by atoms with E-state index in [1.165, 1.54) is 30.6 Å². The Bertz CT molecular complexity index is 770. The van der Waals surface area contributed by atoms with E-state index < -0.39 is 28.1 Å². The van der Waals surface area contributed by atoms with Gasteiger partial charge in [0.15, 0.2) is 0 Å². The highest BCUT2D eigenvalue weighted by molar-refractivity contribution is 7.90. The number of ether oxygens (including phenoxy) is 1. The molecule has 3 N–H and O–H groups in total. The van der Waals surface area contributed by atoms with Crippen molar-refractivity contribution >= 4 is 16.0 Å². The standard InChI is InChI=1S/C15H18N2O5S/c1-2-22-15(19)13(16)14(18)11-8-9-17(10-11)23(20,21)12-6-4-3-5-7-12/h3-10,13-14,18H,2,16H2,1H3/t13-,14-/m1/s1. The molecule has 0 unspecified atom stereocenters. The summed E-state index contributed by atoms with van der Waals surface area (Å²) in [6.45, 7) is 1.77. The molecule has 2 atom stereocenters. The van der Waals surface area contributed by atoms with Crippen molar-refractivity contribution < 1.29 is 23.1 Å². The van der Waals surface area contributed by atoms with Crippen LogP contribution in [0.3, 0.4) is 0 Å². The van der Waals surface area contributed by atoms with Gasteiger partial charge in [0, 0.05) is 18.0 Å². The average molecular weight is 338 g/mol. The summed E-state index contributed by atoms with van der Waals surface area (Å²) in [7, 11) is -3.76. The topological polar surface area (TPSA) is 112 Å². The Kier molecular flexibility index (Phi) is 5.19. The molecule has 0 radical (unpaired) electrons. The fourth-order valence-corrected chi connectivity index (χ4v) is 3.23. The molecule has 7 nitrogen and oxygen atoms in total. The highest BCUT2D eigenvalue weighted by Crippen LogP contribution is 2.20. The normalized spacial score (nSPS) is 14.2. The molecule has 0 aliphatic carbocycles. The lowest BCUT2D eigenvalue weighted by atomic mass is 10.1. The lowest BCUT2D eigenvalue weighted by Crippen LogP contribution is -2.38. The van der Waals surface area contributed by atoms with Gasteiger partial charge in [-0.3, -0.25) is 4.79 Å². The molecule has 0 bridgehead atoms. The lowest BCUT2D eigenvalue weighted by Gasteiger charge is -2.16. The van der Waals surface area contributed by atoms with Gasteiger partial charge in [-0.1, -0.05) is 18.2 Å². The smallest absolute Gasteiger partial charge is 0.325 e. The summed E-state index contributed by atoms with van der Waals surface area (Å²) in [4.78, 5) is 11.7. The van der Waals surface area contributed by atoms with Crippen molar-refractivity contribution in [3.63, 3.8) is 0 Å². The van der Waals surface area contributed by atoms with Gasteiger partial charge in [-0.15, -0.1) is 0 Å². The van der Waals surface area contributed by atoms with E-state index in [-0.39, 0.29) is 17.1 Å². The second kappa shape index (κ2) is 6.95. The molecule has 124 valence electrons. The van der Waals surface area contributed by atoms with Crippen LogP contribution in [0.1, 0.15) is 18.6 Å². The summed E-state index contributed by atoms with van der Waals surface area (Å²) in [6, 6.07) is 7.98. The van der Waals surface area contributed by atoms with E-state index in [1.807, 2.05) is 0 Å². The molecule has 0 saturated heterocycles. The third kappa shape index (κ3) is 3.61. The minimum Gasteiger partial charge on any atom is -0.465 e. The first-order chi connectivity index (χ1) is 10.9. The third-order valence-electron chi connectivity index (χ3n) is 3.25. The predicted molar refractivity (Wildman–Crippen MR) is 83.0 cm³/mol. The molecule has 0 fully saturated rings. The zero-order valence-electron chi connectivity index (χ0n) is 12.5. The van der Waals surface area contributed by atoms with E-state index in [1.54, 1.807) is 25.1 Å². The molecule has 2 rings (SSSR count). The number of aliphatic hydroxyl groups excluding tert-OH is 1. The summed E-state index contributed by atoms with van der Waals surface area (Å²) in [5.74, 6) is -0.751. The van der Waals surface area contributed by atoms with Crippen LogP contribution < -0.4 is 5.73 Å². The second-order valence-electron chi connectivity index (χ2n) is 4.82. The summed E-state index contributed by atoms with van der Waals surface area (Å²) in [5.41, 5.74) is 5.84. The summed E-state index contributed by atoms with van der Waals surface area (Å²) >= 11 is 0. The molecule has 8 heteroatoms. The van der Waals surface area contributed by atoms with Crippen LogP contribution in [0, 0.1) is 0 Å². The number of hydrogen-bond acceptors (Lipinski definition) is 6. The van der Waals surface area contributed by atoms with Crippen molar-refractivity contribution in [2.75, 3.05) is 6.61 Å². The van der Waals surface area contributed by atoms with Gasteiger partial charge in [0.1, 0.15) is 12.1 Å². The first-order valence-electron chi connectivity index (χ1n) is 6.96. The highest BCUT2D eigenvalue weighted by atomic mass is 32.2. The third-order valence-corrected chi connectivity index (χ3v) is 4.90. The molecule has 1 heterocycles. The van der Waals surface area contributed by atoms with Crippen molar-refractivity contribution in [2.45, 2.75) is 24.0 Å². The number of esters is 1. The van der Waals surface area contributed by atoms with Gasteiger partial charge in [0.25, 0.3) is 10.0 Å². The summed E-state index contributed by atoms with van der Waals surface area (Å²) in [6.07, 6.45) is 1.16. The van der Waals surface area contributed by atoms with Crippen LogP contribution in [0.4, 0.5) is 0 Å². The molecule has 0 spiro atoms. The van der Waals surface area contributed by atoms with E-state index in [9.17, 15) is 18.3 Å². The Labute approximate surface area is 134 Å². The minimum atomic E-state index is -3.76. The van der Waals surface area contributed by atoms with Crippen LogP contribution in [-0.2, 0) is 19.6 Å². The SMILES string of the molecule is CCOC(=O)[C@H](N)[C@H](O)c1ccn(S(=O)(=O)c2ccccc2)c1. The van der Waals surface area contributed by atoms with Gasteiger partial charge < -0.3 is 15.6 Å². The van der Waals surface area contributed by atoms with Gasteiger partial charge in [-0.25, -0.2) is 12.4 Å². The van der Waals surface area contributed by atoms with E-state index in [2.05, 4.69) is 0 Å². The van der Waals surface area contributed by atoms with Gasteiger partial charge >= 0.3 is 5.97 Å². The minimum absolute atomic E-state index is 0.117. The monoisotopic (exact) mass is 338 g/mol. The number of aliphatic hydroxyl groups is 1. The number of nitrogens with zero attached hydrogens (tertiary/aromatic N) is 1. The second-order valence-corrected chi connectivity index (χ2v) is 6.66. The Morgan fingerprint density at radius 1 is 1.30 bits per heavy atom. The fraction of sp³-hybridized carbons (Fsp3) is 0.267. The average Bonchev–Trinajstić information content (AvgIpc) is 3.05. The molecule has 2 aromatic rings. The Morgan fingerprint density at radius 3 is 2.57 bits per heavy atom. The summed E-state index contributed by atoms with van der Waals surface area (Å²) in [5, 5.41) is 10.1. The van der Waals surface area contributed by atoms with Crippen molar-refractivity contribution in [3.05, 3.63) is 54.4 Å². The Balaban J connectivity index is 2.25. The Morgan fingerprint density at radius 2 is 1.96 bits per heavy atom. The molecular formula is C15H18N2O5S. The lowest BCUT2D eigenvalue weighted by molar-refractivity contribution is -0.147. The predicted octanol–water partition coefficient (Wildman–Crippen LogP) is 0.649. The molecule has 0 amide bonds. The van der Waals surface area contributed by atoms with Crippen molar-refractivity contribution in [1.29, 1.82) is 0 Å². The molecule has 0 aliphatic rings. The van der Waals surface area contributed by atoms with E-state index in [0.717, 1.165) is 3.97 Å². The first kappa shape index (κ1) is 17.2. The first-order valence-corrected chi connectivity index (χ1v) is 8.40. The van der Waals surface area contributed by atoms with Crippen molar-refractivity contribution in [2.24, 2.45) is 5.73 Å². The summed E-state index contributed by atoms with van der Waals surface area (Å²) < 4.78 is 30.6. The number of hydrogen-bond donors (Lipinski definition) is 2. The molecule has 0 aliphatic heterocycles. The van der Waals surface area contributed by atoms with Crippen LogP contribution in [0.5, 0.6) is 0 Å².